The summed E-state index contributed by atoms with van der Waals surface area (Å²) < 4.78 is 0. The number of carboxylic acid groups (broad SMARTS) is 1. The first kappa shape index (κ1) is 119. The van der Waals surface area contributed by atoms with Crippen molar-refractivity contribution in [1.82, 2.24) is 101 Å². The van der Waals surface area contributed by atoms with Crippen LogP contribution in [-0.2, 0) is 91.2 Å². The number of rotatable bonds is 65. The maximum Gasteiger partial charge on any atom is 0.312 e. The molecule has 1 heterocycles. The monoisotopic (exact) mass is 2040 g/mol. The molecular weight excluding hydrogens is 1900 g/mol. The van der Waals surface area contributed by atoms with Gasteiger partial charge in [-0.3, -0.25) is 93.6 Å². The number of hydrogen-bond acceptors (Lipinski definition) is 27. The van der Waals surface area contributed by atoms with E-state index in [0.29, 0.717) is 23.1 Å². The Balaban J connectivity index is 1.47. The number of aromatic hydroxyl groups is 2. The fraction of sp³-hybridized carbons (Fsp3) is 0.517. The Bertz CT molecular complexity index is 5010. The number of carboxylic acids is 1. The van der Waals surface area contributed by atoms with Gasteiger partial charge in [0.15, 0.2) is 23.8 Å². The van der Waals surface area contributed by atoms with Crippen LogP contribution in [0.4, 0.5) is 9.59 Å². The topological polar surface area (TPSA) is 900 Å². The highest BCUT2D eigenvalue weighted by Crippen LogP contribution is 2.24. The van der Waals surface area contributed by atoms with Crippen LogP contribution in [0.3, 0.4) is 0 Å². The lowest BCUT2D eigenvalue weighted by molar-refractivity contribution is -0.143. The van der Waals surface area contributed by atoms with Crippen molar-refractivity contribution in [2.45, 2.75) is 226 Å². The number of phenolic OH excluding ortho intramolecular Hbond substituents is 2. The number of fused-ring (bicyclic) bond motifs is 1. The highest BCUT2D eigenvalue weighted by atomic mass is 32.1. The summed E-state index contributed by atoms with van der Waals surface area (Å²) in [4.78, 5) is 241. The molecule has 0 aromatic heterocycles. The third kappa shape index (κ3) is 44.6. The lowest BCUT2D eigenvalue weighted by Crippen LogP contribution is -2.61. The van der Waals surface area contributed by atoms with Crippen molar-refractivity contribution in [1.29, 1.82) is 21.6 Å². The van der Waals surface area contributed by atoms with Crippen LogP contribution < -0.4 is 147 Å². The molecule has 43 N–H and O–H groups in total. The minimum absolute atomic E-state index is 0.00573. The number of unbranched alkanes of at least 4 members (excludes halogenated alkanes) is 1. The fourth-order valence-corrected chi connectivity index (χ4v) is 15.6. The number of nitrogens with two attached hydrogens (primary N) is 9. The van der Waals surface area contributed by atoms with E-state index in [0.717, 1.165) is 15.7 Å². The second-order valence-electron chi connectivity index (χ2n) is 33.9. The molecule has 0 aliphatic carbocycles. The number of thiol groups is 2. The summed E-state index contributed by atoms with van der Waals surface area (Å²) in [6.45, 7) is -0.0188. The van der Waals surface area contributed by atoms with E-state index in [-0.39, 0.29) is 203 Å². The van der Waals surface area contributed by atoms with Gasteiger partial charge in [-0.2, -0.15) is 25.3 Å². The molecule has 14 atom stereocenters. The average molecular weight is 2040 g/mol. The minimum atomic E-state index is -1.86. The number of amides is 18. The molecule has 1 aliphatic heterocycles. The zero-order chi connectivity index (χ0) is 106. The summed E-state index contributed by atoms with van der Waals surface area (Å²) >= 11 is 8.66. The van der Waals surface area contributed by atoms with Gasteiger partial charge in [-0.15, -0.1) is 0 Å². The van der Waals surface area contributed by atoms with Crippen LogP contribution in [0.25, 0.3) is 10.8 Å². The van der Waals surface area contributed by atoms with E-state index in [2.05, 4.69) is 121 Å². The molecule has 143 heavy (non-hydrogen) atoms. The quantitative estimate of drug-likeness (QED) is 0.00845. The van der Waals surface area contributed by atoms with Crippen LogP contribution in [0.5, 0.6) is 11.5 Å². The van der Waals surface area contributed by atoms with Gasteiger partial charge in [-0.05, 0) is 174 Å². The Hall–Kier alpha value is -15.0. The molecule has 18 amide bonds. The first-order chi connectivity index (χ1) is 68.0. The number of benzene rings is 4. The summed E-state index contributed by atoms with van der Waals surface area (Å²) in [7, 11) is 0. The van der Waals surface area contributed by atoms with Gasteiger partial charge in [0.05, 0.1) is 6.04 Å². The molecule has 4 aromatic carbocycles. The molecule has 0 unspecified atom stereocenters. The molecule has 52 nitrogen and oxygen atoms in total. The van der Waals surface area contributed by atoms with E-state index in [9.17, 15) is 68.1 Å². The number of hydrogen-bond donors (Lipinski definition) is 36. The van der Waals surface area contributed by atoms with Gasteiger partial charge in [0.2, 0.25) is 82.7 Å². The van der Waals surface area contributed by atoms with Crippen LogP contribution >= 0.6 is 25.3 Å². The first-order valence-electron chi connectivity index (χ1n) is 46.5. The van der Waals surface area contributed by atoms with Crippen molar-refractivity contribution in [3.05, 3.63) is 108 Å². The summed E-state index contributed by atoms with van der Waals surface area (Å²) in [6.07, 6.45) is -2.59. The Morgan fingerprint density at radius 3 is 1.06 bits per heavy atom. The van der Waals surface area contributed by atoms with Crippen LogP contribution in [0.15, 0.2) is 91.0 Å². The van der Waals surface area contributed by atoms with E-state index in [1.54, 1.807) is 24.3 Å². The highest BCUT2D eigenvalue weighted by Gasteiger charge is 2.42. The number of guanidine groups is 4. The summed E-state index contributed by atoms with van der Waals surface area (Å²) in [6, 6.07) is -0.159. The van der Waals surface area contributed by atoms with E-state index >= 15 is 28.8 Å². The molecule has 0 radical (unpaired) electrons. The van der Waals surface area contributed by atoms with Crippen molar-refractivity contribution in [2.24, 2.45) is 51.6 Å². The number of carbonyl (C=O) groups is 17. The maximum absolute atomic E-state index is 15.4. The third-order valence-electron chi connectivity index (χ3n) is 22.6. The Morgan fingerprint density at radius 2 is 0.671 bits per heavy atom. The van der Waals surface area contributed by atoms with Crippen LogP contribution in [0.1, 0.15) is 139 Å². The number of carbonyl (C=O) groups excluding carboxylic acids is 16. The van der Waals surface area contributed by atoms with Gasteiger partial charge < -0.3 is 168 Å². The Kier molecular flexibility index (Phi) is 52.2. The van der Waals surface area contributed by atoms with Gasteiger partial charge in [0.1, 0.15) is 90.0 Å². The molecule has 1 fully saturated rings. The van der Waals surface area contributed by atoms with Crippen molar-refractivity contribution in [3.8, 4) is 11.5 Å². The van der Waals surface area contributed by atoms with Crippen LogP contribution in [0, 0.1) is 21.6 Å². The van der Waals surface area contributed by atoms with Gasteiger partial charge in [0, 0.05) is 83.0 Å². The number of nitrogens with one attached hydrogen (secondary N) is 22. The predicted octanol–water partition coefficient (Wildman–Crippen LogP) is -7.30. The molecule has 54 heteroatoms. The molecule has 786 valence electrons. The molecule has 0 saturated carbocycles. The van der Waals surface area contributed by atoms with Crippen LogP contribution in [0.2, 0.25) is 0 Å². The molecule has 1 aliphatic rings. The van der Waals surface area contributed by atoms with Gasteiger partial charge in [-0.25, -0.2) is 9.59 Å². The normalized spacial score (nSPS) is 14.7. The smallest absolute Gasteiger partial charge is 0.312 e. The largest absolute Gasteiger partial charge is 0.508 e. The van der Waals surface area contributed by atoms with Gasteiger partial charge in [0.25, 0.3) is 0 Å². The molecule has 4 aromatic rings. The fourth-order valence-electron chi connectivity index (χ4n) is 15.1. The molecular formula is C89H138N32O20S2. The summed E-state index contributed by atoms with van der Waals surface area (Å²) in [5.41, 5.74) is 51.5. The first-order valence-corrected chi connectivity index (χ1v) is 47.8. The number of primary amides is 3. The average Bonchev–Trinajstić information content (AvgIpc) is 1.78. The molecule has 0 bridgehead atoms. The number of urea groups is 2. The number of phenols is 2. The molecule has 5 rings (SSSR count). The van der Waals surface area contributed by atoms with Crippen molar-refractivity contribution < 1.29 is 96.8 Å². The Labute approximate surface area is 836 Å². The maximum atomic E-state index is 15.4. The Morgan fingerprint density at radius 1 is 0.357 bits per heavy atom. The number of aliphatic carboxylic acids is 1. The zero-order valence-electron chi connectivity index (χ0n) is 79.2. The van der Waals surface area contributed by atoms with E-state index in [1.807, 2.05) is 18.2 Å². The van der Waals surface area contributed by atoms with Gasteiger partial charge >= 0.3 is 18.0 Å². The second-order valence-corrected chi connectivity index (χ2v) is 34.7. The van der Waals surface area contributed by atoms with Crippen molar-refractivity contribution in [3.63, 3.8) is 0 Å². The molecule has 0 spiro atoms. The standard InChI is InChI=1S/C89H138N32O20S2/c90-34-4-3-15-57(111-76(132)61(32-33-69(124)125)114-77(133)63(43-48-23-28-53(122)29-24-48)117-81(137)67(47-143)120-79(135)65(45-50-22-27-51-12-1-2-13-52(51)42-50)116-74(130)58(17-7-37-105-86(97)98)110-71(127)55(91)14-5-35-103-84(93)94)73(129)115-62(20-10-40-108-89(102)141)83(139)121-41-11-21-68(121)82(138)118-64(44-49-25-30-54(123)31-26-49)78(134)113-59(18-8-38-106-87(99)100)72(128)112-60(19-9-39-107-88(101)140)75(131)119-66(46-142)80(136)109-56(70(92)126)16-6-36-104-85(95)96/h1-2,12-13,22-31,42,55-68,122-123,142-143H,3-11,14-21,32-41,43-47,90-91H2,(H2,92,126)(H,109,136)(H,110,127)(H,111,132)(H,112,128)(H,113,134)(H,114,133)(H,115,129)(H,116,130)(H,117,137)(H,118,138)(H,119,131)(H,120,135)(H,124,125)(H4,93,94,103)(H4,95,96,104)(H4,97,98,105)(H4,99,100,106)(H3,101,107,140)(H3,102,108,141)/t55-,56-,57-,58-,59-,60-,61+,62+,63-,64-,65-,66-,67-,68-/m0/s1. The highest BCUT2D eigenvalue weighted by molar-refractivity contribution is 7.80. The van der Waals surface area contributed by atoms with E-state index in [1.165, 1.54) is 48.5 Å². The molecule has 1 saturated heterocycles. The number of likely N-dealkylation sites (tertiary alicyclic amines) is 1. The summed E-state index contributed by atoms with van der Waals surface area (Å²) in [5, 5.41) is 109. The zero-order valence-corrected chi connectivity index (χ0v) is 81.0. The van der Waals surface area contributed by atoms with Crippen molar-refractivity contribution >= 4 is 161 Å². The summed E-state index contributed by atoms with van der Waals surface area (Å²) in [5.74, 6) is -17.9. The predicted molar refractivity (Wildman–Crippen MR) is 534 cm³/mol. The number of nitrogens with zero attached hydrogens (tertiary/aromatic N) is 1. The van der Waals surface area contributed by atoms with Gasteiger partial charge in [-0.1, -0.05) is 66.7 Å². The van der Waals surface area contributed by atoms with Crippen molar-refractivity contribution in [2.75, 3.05) is 63.9 Å². The third-order valence-corrected chi connectivity index (χ3v) is 23.4. The van der Waals surface area contributed by atoms with E-state index in [4.69, 9.17) is 73.2 Å². The lowest BCUT2D eigenvalue weighted by Gasteiger charge is -2.31. The minimum Gasteiger partial charge on any atom is -0.508 e. The van der Waals surface area contributed by atoms with E-state index < -0.39 is 216 Å². The van der Waals surface area contributed by atoms with Crippen LogP contribution in [-0.4, -0.2) is 293 Å². The SMILES string of the molecule is N=C(N)NCCC[C@H](NC(=O)[C@H](CS)NC(=O)[C@H](CCCNC(N)=O)NC(=O)[C@H](CCCNC(=N)N)NC(=O)[C@H](Cc1ccc(O)cc1)NC(=O)[C@@H]1CCCN1C(=O)[C@@H](CCCNC(N)=O)NC(=O)[C@H](CCCCN)NC(=O)[C@@H](CCC(=O)O)NC(=O)[C@H](Cc1ccc(O)cc1)NC(=O)[C@H](CS)NC(=O)[C@H](Cc1ccc2ccccc2c1)NC(=O)[C@H](CCCNC(=N)N)NC(=O)[C@@H](N)CCCNC(=N)N)C(N)=O. The second kappa shape index (κ2) is 63.0. The lowest BCUT2D eigenvalue weighted by atomic mass is 10.00.